The molecule has 1 unspecified atom stereocenters. The highest BCUT2D eigenvalue weighted by molar-refractivity contribution is 7.92. The Morgan fingerprint density at radius 3 is 2.40 bits per heavy atom. The SMILES string of the molecule is CC(NC(=O)Nc1ccc(S(=O)(=O)Nc2ccc3c(c2)CNC3)cc1)c1cccc2ccccc12. The van der Waals surface area contributed by atoms with Crippen LogP contribution in [0.1, 0.15) is 29.7 Å². The number of anilines is 2. The quantitative estimate of drug-likeness (QED) is 0.304. The van der Waals surface area contributed by atoms with E-state index < -0.39 is 10.0 Å². The molecule has 0 fully saturated rings. The van der Waals surface area contributed by atoms with Crippen molar-refractivity contribution in [2.24, 2.45) is 0 Å². The zero-order valence-electron chi connectivity index (χ0n) is 19.2. The van der Waals surface area contributed by atoms with Gasteiger partial charge in [-0.05, 0) is 70.8 Å². The lowest BCUT2D eigenvalue weighted by atomic mass is 10.00. The molecule has 4 aromatic rings. The molecule has 178 valence electrons. The highest BCUT2D eigenvalue weighted by Gasteiger charge is 2.17. The third kappa shape index (κ3) is 4.99. The molecule has 0 saturated carbocycles. The number of carbonyl (C=O) groups excluding carboxylic acids is 1. The maximum absolute atomic E-state index is 12.8. The molecule has 1 aliphatic heterocycles. The average molecular weight is 487 g/mol. The van der Waals surface area contributed by atoms with E-state index in [2.05, 4.69) is 20.7 Å². The molecule has 1 heterocycles. The summed E-state index contributed by atoms with van der Waals surface area (Å²) in [5.74, 6) is 0. The third-order valence-corrected chi connectivity index (χ3v) is 7.55. The Bertz CT molecular complexity index is 1500. The Hall–Kier alpha value is -3.88. The van der Waals surface area contributed by atoms with Crippen molar-refractivity contribution in [3.05, 3.63) is 102 Å². The van der Waals surface area contributed by atoms with Crippen molar-refractivity contribution in [3.8, 4) is 0 Å². The summed E-state index contributed by atoms with van der Waals surface area (Å²) in [5.41, 5.74) is 4.31. The van der Waals surface area contributed by atoms with Gasteiger partial charge in [0.15, 0.2) is 0 Å². The number of sulfonamides is 1. The predicted octanol–water partition coefficient (Wildman–Crippen LogP) is 5.13. The minimum Gasteiger partial charge on any atom is -0.331 e. The zero-order chi connectivity index (χ0) is 24.4. The summed E-state index contributed by atoms with van der Waals surface area (Å²) in [7, 11) is -3.75. The number of hydrogen-bond acceptors (Lipinski definition) is 4. The van der Waals surface area contributed by atoms with E-state index >= 15 is 0 Å². The lowest BCUT2D eigenvalue weighted by Gasteiger charge is -2.17. The first-order valence-corrected chi connectivity index (χ1v) is 12.9. The number of urea groups is 1. The van der Waals surface area contributed by atoms with Gasteiger partial charge in [-0.1, -0.05) is 48.5 Å². The van der Waals surface area contributed by atoms with Crippen LogP contribution in [0.15, 0.2) is 89.8 Å². The van der Waals surface area contributed by atoms with Crippen LogP contribution in [-0.4, -0.2) is 14.4 Å². The minimum absolute atomic E-state index is 0.117. The Kier molecular flexibility index (Phi) is 6.15. The Morgan fingerprint density at radius 1 is 0.857 bits per heavy atom. The van der Waals surface area contributed by atoms with Crippen LogP contribution >= 0.6 is 0 Å². The van der Waals surface area contributed by atoms with Crippen LogP contribution < -0.4 is 20.7 Å². The van der Waals surface area contributed by atoms with E-state index in [0.717, 1.165) is 35.0 Å². The standard InChI is InChI=1S/C27H26N4O3S/c1-18(25-8-4-6-19-5-2-3-7-26(19)25)29-27(32)30-22-11-13-24(14-12-22)35(33,34)31-23-10-9-20-16-28-17-21(20)15-23/h2-15,18,28,31H,16-17H2,1H3,(H2,29,30,32). The van der Waals surface area contributed by atoms with E-state index in [0.29, 0.717) is 11.4 Å². The van der Waals surface area contributed by atoms with Crippen molar-refractivity contribution in [1.29, 1.82) is 0 Å². The Morgan fingerprint density at radius 2 is 1.57 bits per heavy atom. The topological polar surface area (TPSA) is 99.3 Å². The fourth-order valence-corrected chi connectivity index (χ4v) is 5.41. The Labute approximate surface area is 204 Å². The van der Waals surface area contributed by atoms with Gasteiger partial charge in [0.2, 0.25) is 0 Å². The second-order valence-corrected chi connectivity index (χ2v) is 10.3. The number of benzene rings is 4. The molecule has 0 spiro atoms. The van der Waals surface area contributed by atoms with E-state index in [-0.39, 0.29) is 17.0 Å². The summed E-state index contributed by atoms with van der Waals surface area (Å²) in [6, 6.07) is 25.1. The molecule has 4 aromatic carbocycles. The highest BCUT2D eigenvalue weighted by atomic mass is 32.2. The van der Waals surface area contributed by atoms with Gasteiger partial charge in [-0.2, -0.15) is 0 Å². The molecule has 0 bridgehead atoms. The molecule has 0 aromatic heterocycles. The van der Waals surface area contributed by atoms with Crippen molar-refractivity contribution >= 4 is 38.2 Å². The number of carbonyl (C=O) groups is 1. The second kappa shape index (κ2) is 9.40. The normalized spacial score (nSPS) is 13.7. The smallest absolute Gasteiger partial charge is 0.319 e. The number of rotatable bonds is 6. The van der Waals surface area contributed by atoms with Crippen molar-refractivity contribution in [1.82, 2.24) is 10.6 Å². The lowest BCUT2D eigenvalue weighted by molar-refractivity contribution is 0.249. The molecule has 0 aliphatic carbocycles. The lowest BCUT2D eigenvalue weighted by Crippen LogP contribution is -2.31. The van der Waals surface area contributed by atoms with Gasteiger partial charge in [-0.25, -0.2) is 13.2 Å². The fourth-order valence-electron chi connectivity index (χ4n) is 4.36. The predicted molar refractivity (Wildman–Crippen MR) is 139 cm³/mol. The van der Waals surface area contributed by atoms with E-state index in [1.165, 1.54) is 17.7 Å². The van der Waals surface area contributed by atoms with Crippen molar-refractivity contribution in [2.45, 2.75) is 31.0 Å². The summed E-state index contributed by atoms with van der Waals surface area (Å²) in [6.45, 7) is 3.45. The van der Waals surface area contributed by atoms with Gasteiger partial charge >= 0.3 is 6.03 Å². The number of hydrogen-bond donors (Lipinski definition) is 4. The van der Waals surface area contributed by atoms with Gasteiger partial charge in [0.1, 0.15) is 0 Å². The summed E-state index contributed by atoms with van der Waals surface area (Å²) >= 11 is 0. The third-order valence-electron chi connectivity index (χ3n) is 6.15. The highest BCUT2D eigenvalue weighted by Crippen LogP contribution is 2.25. The molecule has 2 amide bonds. The van der Waals surface area contributed by atoms with Gasteiger partial charge in [0.25, 0.3) is 10.0 Å². The number of fused-ring (bicyclic) bond motifs is 2. The molecule has 1 aliphatic rings. The molecule has 4 N–H and O–H groups in total. The van der Waals surface area contributed by atoms with Crippen molar-refractivity contribution in [2.75, 3.05) is 10.0 Å². The number of amides is 2. The van der Waals surface area contributed by atoms with Crippen LogP contribution in [0, 0.1) is 0 Å². The van der Waals surface area contributed by atoms with Crippen LogP contribution in [-0.2, 0) is 23.1 Å². The summed E-state index contributed by atoms with van der Waals surface area (Å²) in [6.07, 6.45) is 0. The van der Waals surface area contributed by atoms with Gasteiger partial charge < -0.3 is 16.0 Å². The average Bonchev–Trinajstić information content (AvgIpc) is 3.31. The molecular weight excluding hydrogens is 460 g/mol. The second-order valence-electron chi connectivity index (χ2n) is 8.61. The summed E-state index contributed by atoms with van der Waals surface area (Å²) in [5, 5.41) is 11.2. The van der Waals surface area contributed by atoms with Gasteiger partial charge in [-0.3, -0.25) is 4.72 Å². The summed E-state index contributed by atoms with van der Waals surface area (Å²) < 4.78 is 28.3. The van der Waals surface area contributed by atoms with Crippen LogP contribution in [0.2, 0.25) is 0 Å². The fraction of sp³-hybridized carbons (Fsp3) is 0.148. The minimum atomic E-state index is -3.75. The van der Waals surface area contributed by atoms with Crippen molar-refractivity contribution in [3.63, 3.8) is 0 Å². The van der Waals surface area contributed by atoms with E-state index in [4.69, 9.17) is 0 Å². The van der Waals surface area contributed by atoms with E-state index in [1.54, 1.807) is 18.2 Å². The zero-order valence-corrected chi connectivity index (χ0v) is 20.0. The van der Waals surface area contributed by atoms with Crippen molar-refractivity contribution < 1.29 is 13.2 Å². The maximum Gasteiger partial charge on any atom is 0.319 e. The molecule has 5 rings (SSSR count). The van der Waals surface area contributed by atoms with E-state index in [9.17, 15) is 13.2 Å². The van der Waals surface area contributed by atoms with Crippen LogP contribution in [0.25, 0.3) is 10.8 Å². The van der Waals surface area contributed by atoms with Gasteiger partial charge in [-0.15, -0.1) is 0 Å². The first kappa shape index (κ1) is 22.9. The molecule has 7 nitrogen and oxygen atoms in total. The Balaban J connectivity index is 1.23. The van der Waals surface area contributed by atoms with Gasteiger partial charge in [0, 0.05) is 24.5 Å². The van der Waals surface area contributed by atoms with Crippen LogP contribution in [0.3, 0.4) is 0 Å². The maximum atomic E-state index is 12.8. The molecular formula is C27H26N4O3S. The molecule has 0 saturated heterocycles. The molecule has 8 heteroatoms. The number of nitrogens with one attached hydrogen (secondary N) is 4. The van der Waals surface area contributed by atoms with Gasteiger partial charge in [0.05, 0.1) is 10.9 Å². The van der Waals surface area contributed by atoms with Crippen LogP contribution in [0.4, 0.5) is 16.2 Å². The largest absolute Gasteiger partial charge is 0.331 e. The first-order valence-electron chi connectivity index (χ1n) is 11.4. The molecule has 1 atom stereocenters. The molecule has 35 heavy (non-hydrogen) atoms. The van der Waals surface area contributed by atoms with E-state index in [1.807, 2.05) is 61.5 Å². The first-order chi connectivity index (χ1) is 16.9. The summed E-state index contributed by atoms with van der Waals surface area (Å²) in [4.78, 5) is 12.7. The van der Waals surface area contributed by atoms with Crippen LogP contribution in [0.5, 0.6) is 0 Å². The molecule has 0 radical (unpaired) electrons. The monoisotopic (exact) mass is 486 g/mol.